The summed E-state index contributed by atoms with van der Waals surface area (Å²) in [6.45, 7) is 2.27. The lowest BCUT2D eigenvalue weighted by Gasteiger charge is -2.26. The van der Waals surface area contributed by atoms with Crippen LogP contribution in [0.4, 0.5) is 4.39 Å². The molecule has 0 amide bonds. The number of hydrogen-bond donors (Lipinski definition) is 1. The molecule has 2 rings (SSSR count). The normalized spacial score (nSPS) is 15.8. The monoisotopic (exact) mass is 233 g/mol. The maximum Gasteiger partial charge on any atom is 0.123 e. The summed E-state index contributed by atoms with van der Waals surface area (Å²) in [5.74, 6) is 1.78. The van der Waals surface area contributed by atoms with Crippen molar-refractivity contribution >= 4 is 24.2 Å². The van der Waals surface area contributed by atoms with Gasteiger partial charge in [-0.15, -0.1) is 24.2 Å². The zero-order valence-corrected chi connectivity index (χ0v) is 9.34. The second-order valence-corrected chi connectivity index (χ2v) is 4.38. The molecule has 0 saturated carbocycles. The van der Waals surface area contributed by atoms with E-state index in [9.17, 15) is 4.39 Å². The highest BCUT2D eigenvalue weighted by Gasteiger charge is 2.16. The van der Waals surface area contributed by atoms with Gasteiger partial charge in [0, 0.05) is 10.6 Å². The summed E-state index contributed by atoms with van der Waals surface area (Å²) in [7, 11) is 0. The van der Waals surface area contributed by atoms with Gasteiger partial charge in [0.25, 0.3) is 0 Å². The zero-order chi connectivity index (χ0) is 9.10. The Kier molecular flexibility index (Phi) is 4.72. The summed E-state index contributed by atoms with van der Waals surface area (Å²) in [6, 6.07) is 6.71. The molecule has 1 N–H and O–H groups in total. The Balaban J connectivity index is 0.000000980. The third kappa shape index (κ3) is 3.15. The molecule has 0 aliphatic carbocycles. The van der Waals surface area contributed by atoms with Crippen LogP contribution in [0.1, 0.15) is 0 Å². The van der Waals surface area contributed by atoms with Crippen molar-refractivity contribution in [2.24, 2.45) is 5.92 Å². The van der Waals surface area contributed by atoms with Crippen molar-refractivity contribution in [3.8, 4) is 0 Å². The quantitative estimate of drug-likeness (QED) is 0.806. The van der Waals surface area contributed by atoms with E-state index in [0.29, 0.717) is 0 Å². The highest BCUT2D eigenvalue weighted by atomic mass is 35.5. The van der Waals surface area contributed by atoms with Crippen LogP contribution in [0.5, 0.6) is 0 Å². The highest BCUT2D eigenvalue weighted by molar-refractivity contribution is 7.99. The summed E-state index contributed by atoms with van der Waals surface area (Å²) in [5, 5.41) is 3.23. The van der Waals surface area contributed by atoms with Gasteiger partial charge in [0.05, 0.1) is 0 Å². The third-order valence-corrected chi connectivity index (χ3v) is 3.41. The Bertz CT molecular complexity index is 274. The standard InChI is InChI=1S/C10H12FNS.ClH/c11-9-1-3-10(4-2-9)13-7-8-5-12-6-8;/h1-4,8,12H,5-7H2;1H. The van der Waals surface area contributed by atoms with Crippen molar-refractivity contribution in [1.82, 2.24) is 5.32 Å². The predicted molar refractivity (Wildman–Crippen MR) is 60.7 cm³/mol. The molecule has 1 aromatic rings. The molecular weight excluding hydrogens is 221 g/mol. The van der Waals surface area contributed by atoms with Gasteiger partial charge < -0.3 is 5.32 Å². The number of benzene rings is 1. The molecule has 1 aromatic carbocycles. The maximum atomic E-state index is 12.5. The molecule has 1 fully saturated rings. The van der Waals surface area contributed by atoms with E-state index in [1.54, 1.807) is 11.8 Å². The number of halogens is 2. The second-order valence-electron chi connectivity index (χ2n) is 3.29. The molecule has 0 radical (unpaired) electrons. The van der Waals surface area contributed by atoms with E-state index in [0.717, 1.165) is 29.7 Å². The van der Waals surface area contributed by atoms with E-state index in [1.165, 1.54) is 12.1 Å². The largest absolute Gasteiger partial charge is 0.316 e. The fourth-order valence-corrected chi connectivity index (χ4v) is 2.20. The molecule has 0 unspecified atom stereocenters. The topological polar surface area (TPSA) is 12.0 Å². The Morgan fingerprint density at radius 1 is 1.29 bits per heavy atom. The minimum atomic E-state index is -0.158. The third-order valence-electron chi connectivity index (χ3n) is 2.17. The molecule has 0 atom stereocenters. The summed E-state index contributed by atoms with van der Waals surface area (Å²) < 4.78 is 12.5. The summed E-state index contributed by atoms with van der Waals surface area (Å²) >= 11 is 1.81. The number of hydrogen-bond acceptors (Lipinski definition) is 2. The average molecular weight is 234 g/mol. The number of nitrogens with one attached hydrogen (secondary N) is 1. The van der Waals surface area contributed by atoms with Gasteiger partial charge in [-0.2, -0.15) is 0 Å². The molecule has 0 spiro atoms. The van der Waals surface area contributed by atoms with E-state index < -0.39 is 0 Å². The van der Waals surface area contributed by atoms with Crippen LogP contribution in [-0.4, -0.2) is 18.8 Å². The molecule has 78 valence electrons. The molecule has 1 nitrogen and oxygen atoms in total. The van der Waals surface area contributed by atoms with Crippen LogP contribution in [0.25, 0.3) is 0 Å². The van der Waals surface area contributed by atoms with Crippen LogP contribution in [-0.2, 0) is 0 Å². The van der Waals surface area contributed by atoms with Crippen molar-refractivity contribution < 1.29 is 4.39 Å². The van der Waals surface area contributed by atoms with Crippen LogP contribution in [0, 0.1) is 11.7 Å². The smallest absolute Gasteiger partial charge is 0.123 e. The molecule has 0 bridgehead atoms. The van der Waals surface area contributed by atoms with Crippen LogP contribution >= 0.6 is 24.2 Å². The fourth-order valence-electron chi connectivity index (χ4n) is 1.21. The van der Waals surface area contributed by atoms with Gasteiger partial charge in [0.1, 0.15) is 5.82 Å². The van der Waals surface area contributed by atoms with Crippen molar-refractivity contribution in [3.05, 3.63) is 30.1 Å². The van der Waals surface area contributed by atoms with Crippen LogP contribution in [0.15, 0.2) is 29.2 Å². The summed E-state index contributed by atoms with van der Waals surface area (Å²) in [5.41, 5.74) is 0. The lowest BCUT2D eigenvalue weighted by Crippen LogP contribution is -2.43. The number of thioether (sulfide) groups is 1. The first-order valence-electron chi connectivity index (χ1n) is 4.44. The van der Waals surface area contributed by atoms with E-state index in [4.69, 9.17) is 0 Å². The lowest BCUT2D eigenvalue weighted by atomic mass is 10.1. The summed E-state index contributed by atoms with van der Waals surface area (Å²) in [4.78, 5) is 1.16. The van der Waals surface area contributed by atoms with E-state index in [-0.39, 0.29) is 18.2 Å². The minimum absolute atomic E-state index is 0. The van der Waals surface area contributed by atoms with Crippen molar-refractivity contribution in [2.45, 2.75) is 4.90 Å². The average Bonchev–Trinajstić information content (AvgIpc) is 2.05. The second kappa shape index (κ2) is 5.59. The fraction of sp³-hybridized carbons (Fsp3) is 0.400. The van der Waals surface area contributed by atoms with Crippen LogP contribution < -0.4 is 5.32 Å². The van der Waals surface area contributed by atoms with Crippen molar-refractivity contribution in [3.63, 3.8) is 0 Å². The molecule has 0 aromatic heterocycles. The minimum Gasteiger partial charge on any atom is -0.316 e. The Morgan fingerprint density at radius 2 is 1.93 bits per heavy atom. The van der Waals surface area contributed by atoms with E-state index in [2.05, 4.69) is 5.32 Å². The molecule has 14 heavy (non-hydrogen) atoms. The van der Waals surface area contributed by atoms with Gasteiger partial charge in [-0.3, -0.25) is 0 Å². The van der Waals surface area contributed by atoms with Gasteiger partial charge >= 0.3 is 0 Å². The van der Waals surface area contributed by atoms with Crippen LogP contribution in [0.3, 0.4) is 0 Å². The van der Waals surface area contributed by atoms with Gasteiger partial charge in [0.2, 0.25) is 0 Å². The van der Waals surface area contributed by atoms with Gasteiger partial charge in [0.15, 0.2) is 0 Å². The van der Waals surface area contributed by atoms with Crippen molar-refractivity contribution in [1.29, 1.82) is 0 Å². The summed E-state index contributed by atoms with van der Waals surface area (Å²) in [6.07, 6.45) is 0. The van der Waals surface area contributed by atoms with Crippen LogP contribution in [0.2, 0.25) is 0 Å². The Labute approximate surface area is 93.9 Å². The van der Waals surface area contributed by atoms with Crippen molar-refractivity contribution in [2.75, 3.05) is 18.8 Å². The first-order valence-corrected chi connectivity index (χ1v) is 5.42. The molecule has 4 heteroatoms. The van der Waals surface area contributed by atoms with E-state index in [1.807, 2.05) is 12.1 Å². The maximum absolute atomic E-state index is 12.5. The van der Waals surface area contributed by atoms with Gasteiger partial charge in [-0.05, 0) is 43.3 Å². The SMILES string of the molecule is Cl.Fc1ccc(SCC2CNC2)cc1. The van der Waals surface area contributed by atoms with Gasteiger partial charge in [-0.25, -0.2) is 4.39 Å². The zero-order valence-electron chi connectivity index (χ0n) is 7.70. The first-order chi connectivity index (χ1) is 6.34. The molecular formula is C10H13ClFNS. The highest BCUT2D eigenvalue weighted by Crippen LogP contribution is 2.22. The molecule has 1 aliphatic heterocycles. The molecule has 1 saturated heterocycles. The first kappa shape index (κ1) is 11.8. The van der Waals surface area contributed by atoms with Gasteiger partial charge in [-0.1, -0.05) is 0 Å². The van der Waals surface area contributed by atoms with E-state index >= 15 is 0 Å². The lowest BCUT2D eigenvalue weighted by molar-refractivity contribution is 0.385. The Hall–Kier alpha value is -0.250. The molecule has 1 aliphatic rings. The predicted octanol–water partition coefficient (Wildman–Crippen LogP) is 2.56. The molecule has 1 heterocycles. The Morgan fingerprint density at radius 3 is 2.43 bits per heavy atom. The number of rotatable bonds is 3.